The molecule has 2 heterocycles. The van der Waals surface area contributed by atoms with Crippen molar-refractivity contribution in [2.24, 2.45) is 5.84 Å². The van der Waals surface area contributed by atoms with Gasteiger partial charge in [-0.15, -0.1) is 0 Å². The van der Waals surface area contributed by atoms with E-state index in [1.54, 1.807) is 0 Å². The molecular weight excluding hydrogens is 266 g/mol. The van der Waals surface area contributed by atoms with E-state index >= 15 is 0 Å². The summed E-state index contributed by atoms with van der Waals surface area (Å²) >= 11 is 0. The van der Waals surface area contributed by atoms with E-state index in [2.05, 4.69) is 15.3 Å². The van der Waals surface area contributed by atoms with Gasteiger partial charge in [-0.2, -0.15) is 4.31 Å². The molecule has 1 aromatic heterocycles. The van der Waals surface area contributed by atoms with E-state index < -0.39 is 10.0 Å². The van der Waals surface area contributed by atoms with Crippen LogP contribution in [0.4, 0.5) is 5.82 Å². The summed E-state index contributed by atoms with van der Waals surface area (Å²) in [5.74, 6) is 5.60. The molecule has 1 fully saturated rings. The third kappa shape index (κ3) is 3.21. The fourth-order valence-corrected chi connectivity index (χ4v) is 3.55. The molecule has 0 aliphatic carbocycles. The zero-order chi connectivity index (χ0) is 13.9. The fraction of sp³-hybridized carbons (Fsp3) is 0.545. The summed E-state index contributed by atoms with van der Waals surface area (Å²) in [7, 11) is -1.47. The summed E-state index contributed by atoms with van der Waals surface area (Å²) in [5.41, 5.74) is 2.36. The molecular formula is C11H19N5O2S. The summed E-state index contributed by atoms with van der Waals surface area (Å²) in [6.07, 6.45) is 2.27. The molecule has 0 spiro atoms. The van der Waals surface area contributed by atoms with Gasteiger partial charge < -0.3 is 10.3 Å². The van der Waals surface area contributed by atoms with E-state index in [1.165, 1.54) is 22.6 Å². The lowest BCUT2D eigenvalue weighted by molar-refractivity contribution is 0.347. The zero-order valence-corrected chi connectivity index (χ0v) is 11.7. The van der Waals surface area contributed by atoms with Gasteiger partial charge in [0.25, 0.3) is 0 Å². The summed E-state index contributed by atoms with van der Waals surface area (Å²) in [6.45, 7) is 2.71. The lowest BCUT2D eigenvalue weighted by Gasteiger charge is -2.20. The van der Waals surface area contributed by atoms with Crippen LogP contribution in [0.2, 0.25) is 0 Å². The van der Waals surface area contributed by atoms with Crippen molar-refractivity contribution in [3.8, 4) is 0 Å². The first-order chi connectivity index (χ1) is 9.04. The lowest BCUT2D eigenvalue weighted by Crippen LogP contribution is -2.34. The Bertz CT molecular complexity index is 534. The first kappa shape index (κ1) is 14.2. The molecule has 3 N–H and O–H groups in total. The molecule has 2 rings (SSSR count). The SMILES string of the molecule is CN1CCCN(S(=O)(=O)c2ccnc(NN)c2)CC1. The second-order valence-electron chi connectivity index (χ2n) is 4.58. The smallest absolute Gasteiger partial charge is 0.243 e. The first-order valence-corrected chi connectivity index (χ1v) is 7.59. The maximum Gasteiger partial charge on any atom is 0.243 e. The number of anilines is 1. The Labute approximate surface area is 113 Å². The standard InChI is InChI=1S/C11H19N5O2S/c1-15-5-2-6-16(8-7-15)19(17,18)10-3-4-13-11(9-10)14-12/h3-4,9H,2,5-8,12H2,1H3,(H,13,14). The first-order valence-electron chi connectivity index (χ1n) is 6.15. The number of hydrogen-bond donors (Lipinski definition) is 2. The van der Waals surface area contributed by atoms with E-state index in [0.717, 1.165) is 19.5 Å². The Hall–Kier alpha value is -1.22. The van der Waals surface area contributed by atoms with Crippen LogP contribution in [0.15, 0.2) is 23.2 Å². The number of hydrogen-bond acceptors (Lipinski definition) is 6. The highest BCUT2D eigenvalue weighted by molar-refractivity contribution is 7.89. The molecule has 1 aromatic rings. The number of hydrazine groups is 1. The second-order valence-corrected chi connectivity index (χ2v) is 6.52. The Morgan fingerprint density at radius 2 is 2.11 bits per heavy atom. The van der Waals surface area contributed by atoms with E-state index in [-0.39, 0.29) is 4.90 Å². The molecule has 0 bridgehead atoms. The molecule has 7 nitrogen and oxygen atoms in total. The molecule has 0 atom stereocenters. The molecule has 106 valence electrons. The number of aromatic nitrogens is 1. The van der Waals surface area contributed by atoms with Crippen LogP contribution >= 0.6 is 0 Å². The van der Waals surface area contributed by atoms with Crippen molar-refractivity contribution in [3.05, 3.63) is 18.3 Å². The molecule has 19 heavy (non-hydrogen) atoms. The Balaban J connectivity index is 2.25. The molecule has 0 saturated carbocycles. The fourth-order valence-electron chi connectivity index (χ4n) is 2.06. The average Bonchev–Trinajstić information content (AvgIpc) is 2.64. The van der Waals surface area contributed by atoms with Crippen LogP contribution < -0.4 is 11.3 Å². The van der Waals surface area contributed by atoms with Gasteiger partial charge in [0.05, 0.1) is 4.90 Å². The van der Waals surface area contributed by atoms with Crippen molar-refractivity contribution in [2.75, 3.05) is 38.7 Å². The van der Waals surface area contributed by atoms with Crippen LogP contribution in [0.25, 0.3) is 0 Å². The summed E-state index contributed by atoms with van der Waals surface area (Å²) < 4.78 is 26.6. The minimum Gasteiger partial charge on any atom is -0.308 e. The van der Waals surface area contributed by atoms with Crippen LogP contribution in [-0.2, 0) is 10.0 Å². The predicted molar refractivity (Wildman–Crippen MR) is 72.9 cm³/mol. The van der Waals surface area contributed by atoms with E-state index in [1.807, 2.05) is 7.05 Å². The van der Waals surface area contributed by atoms with Crippen LogP contribution in [0, 0.1) is 0 Å². The third-order valence-electron chi connectivity index (χ3n) is 3.20. The maximum atomic E-state index is 12.5. The third-order valence-corrected chi connectivity index (χ3v) is 5.09. The van der Waals surface area contributed by atoms with E-state index in [9.17, 15) is 8.42 Å². The highest BCUT2D eigenvalue weighted by atomic mass is 32.2. The minimum atomic E-state index is -3.47. The molecule has 0 amide bonds. The van der Waals surface area contributed by atoms with Crippen molar-refractivity contribution in [1.29, 1.82) is 0 Å². The van der Waals surface area contributed by atoms with Gasteiger partial charge in [0.1, 0.15) is 5.82 Å². The van der Waals surface area contributed by atoms with Crippen molar-refractivity contribution in [1.82, 2.24) is 14.2 Å². The van der Waals surface area contributed by atoms with E-state index in [4.69, 9.17) is 5.84 Å². The van der Waals surface area contributed by atoms with Crippen molar-refractivity contribution in [2.45, 2.75) is 11.3 Å². The van der Waals surface area contributed by atoms with Crippen molar-refractivity contribution < 1.29 is 8.42 Å². The number of pyridine rings is 1. The number of likely N-dealkylation sites (N-methyl/N-ethyl adjacent to an activating group) is 1. The number of sulfonamides is 1. The van der Waals surface area contributed by atoms with Crippen molar-refractivity contribution in [3.63, 3.8) is 0 Å². The van der Waals surface area contributed by atoms with Gasteiger partial charge >= 0.3 is 0 Å². The molecule has 1 saturated heterocycles. The van der Waals surface area contributed by atoms with Gasteiger partial charge in [-0.25, -0.2) is 19.2 Å². The molecule has 0 unspecified atom stereocenters. The van der Waals surface area contributed by atoms with Gasteiger partial charge in [0.2, 0.25) is 10.0 Å². The van der Waals surface area contributed by atoms with Crippen LogP contribution in [-0.4, -0.2) is 55.8 Å². The van der Waals surface area contributed by atoms with Crippen molar-refractivity contribution >= 4 is 15.8 Å². The summed E-state index contributed by atoms with van der Waals surface area (Å²) in [4.78, 5) is 6.28. The normalized spacial score (nSPS) is 19.1. The summed E-state index contributed by atoms with van der Waals surface area (Å²) in [5, 5.41) is 0. The molecule has 1 aliphatic heterocycles. The molecule has 0 radical (unpaired) electrons. The number of rotatable bonds is 3. The monoisotopic (exact) mass is 285 g/mol. The number of nitrogen functional groups attached to an aromatic ring is 1. The van der Waals surface area contributed by atoms with Gasteiger partial charge in [0.15, 0.2) is 0 Å². The Morgan fingerprint density at radius 1 is 1.32 bits per heavy atom. The topological polar surface area (TPSA) is 91.6 Å². The molecule has 1 aliphatic rings. The number of nitrogens with zero attached hydrogens (tertiary/aromatic N) is 3. The predicted octanol–water partition coefficient (Wildman–Crippen LogP) is -0.307. The number of nitrogens with two attached hydrogens (primary N) is 1. The molecule has 8 heteroatoms. The van der Waals surface area contributed by atoms with Gasteiger partial charge in [0, 0.05) is 31.9 Å². The lowest BCUT2D eigenvalue weighted by atomic mass is 10.4. The largest absolute Gasteiger partial charge is 0.308 e. The van der Waals surface area contributed by atoms with Gasteiger partial charge in [-0.1, -0.05) is 0 Å². The highest BCUT2D eigenvalue weighted by Crippen LogP contribution is 2.18. The molecule has 0 aromatic carbocycles. The van der Waals surface area contributed by atoms with Gasteiger partial charge in [-0.05, 0) is 26.1 Å². The maximum absolute atomic E-state index is 12.5. The zero-order valence-electron chi connectivity index (χ0n) is 10.9. The Kier molecular flexibility index (Phi) is 4.35. The highest BCUT2D eigenvalue weighted by Gasteiger charge is 2.26. The quantitative estimate of drug-likeness (QED) is 0.585. The average molecular weight is 285 g/mol. The van der Waals surface area contributed by atoms with Crippen LogP contribution in [0.1, 0.15) is 6.42 Å². The van der Waals surface area contributed by atoms with Crippen LogP contribution in [0.5, 0.6) is 0 Å². The Morgan fingerprint density at radius 3 is 2.84 bits per heavy atom. The van der Waals surface area contributed by atoms with Crippen LogP contribution in [0.3, 0.4) is 0 Å². The second kappa shape index (κ2) is 5.83. The van der Waals surface area contributed by atoms with Gasteiger partial charge in [-0.3, -0.25) is 0 Å². The number of nitrogens with one attached hydrogen (secondary N) is 1. The minimum absolute atomic E-state index is 0.222. The van der Waals surface area contributed by atoms with E-state index in [0.29, 0.717) is 18.9 Å². The summed E-state index contributed by atoms with van der Waals surface area (Å²) in [6, 6.07) is 2.94.